The Kier molecular flexibility index (Phi) is 4.36. The average molecular weight is 272 g/mol. The summed E-state index contributed by atoms with van der Waals surface area (Å²) in [5, 5.41) is 20.8. The molecule has 1 amide bonds. The average Bonchev–Trinajstić information content (AvgIpc) is 2.47. The van der Waals surface area contributed by atoms with Crippen LogP contribution in [0.25, 0.3) is 0 Å². The molecule has 1 saturated carbocycles. The van der Waals surface area contributed by atoms with Gasteiger partial charge in [0.2, 0.25) is 0 Å². The van der Waals surface area contributed by atoms with Gasteiger partial charge in [-0.25, -0.2) is 0 Å². The number of carbonyl (C=O) groups is 2. The normalized spacial score (nSPS) is 21.8. The van der Waals surface area contributed by atoms with Gasteiger partial charge in [-0.15, -0.1) is 0 Å². The van der Waals surface area contributed by atoms with Crippen molar-refractivity contribution < 1.29 is 14.7 Å². The smallest absolute Gasteiger partial charge is 0.308 e. The van der Waals surface area contributed by atoms with Crippen molar-refractivity contribution in [3.63, 3.8) is 0 Å². The van der Waals surface area contributed by atoms with E-state index < -0.39 is 11.9 Å². The minimum atomic E-state index is -0.860. The largest absolute Gasteiger partial charge is 0.481 e. The highest BCUT2D eigenvalue weighted by Gasteiger charge is 2.31. The summed E-state index contributed by atoms with van der Waals surface area (Å²) in [6, 6.07) is 8.04. The molecule has 1 aliphatic rings. The Hall–Kier alpha value is -2.35. The third kappa shape index (κ3) is 3.15. The molecule has 2 atom stereocenters. The molecule has 0 spiro atoms. The van der Waals surface area contributed by atoms with E-state index in [1.807, 2.05) is 6.07 Å². The number of carbonyl (C=O) groups excluding carboxylic acids is 1. The lowest BCUT2D eigenvalue weighted by Gasteiger charge is -2.29. The first kappa shape index (κ1) is 14.1. The van der Waals surface area contributed by atoms with Crippen LogP contribution in [0.15, 0.2) is 24.3 Å². The molecule has 5 nitrogen and oxygen atoms in total. The Morgan fingerprint density at radius 1 is 1.30 bits per heavy atom. The number of nitrogens with zero attached hydrogens (tertiary/aromatic N) is 1. The second-order valence-corrected chi connectivity index (χ2v) is 5.00. The number of nitrogens with one attached hydrogen (secondary N) is 1. The summed E-state index contributed by atoms with van der Waals surface area (Å²) in [5.74, 6) is -1.70. The van der Waals surface area contributed by atoms with Crippen molar-refractivity contribution in [1.29, 1.82) is 5.26 Å². The van der Waals surface area contributed by atoms with E-state index in [1.54, 1.807) is 18.2 Å². The zero-order chi connectivity index (χ0) is 14.5. The number of amides is 1. The van der Waals surface area contributed by atoms with E-state index in [0.29, 0.717) is 24.0 Å². The summed E-state index contributed by atoms with van der Waals surface area (Å²) in [4.78, 5) is 23.3. The van der Waals surface area contributed by atoms with Crippen molar-refractivity contribution in [3.8, 4) is 6.07 Å². The molecule has 1 aromatic rings. The Morgan fingerprint density at radius 3 is 2.75 bits per heavy atom. The Balaban J connectivity index is 2.09. The van der Waals surface area contributed by atoms with E-state index in [-0.39, 0.29) is 11.9 Å². The molecule has 0 aliphatic heterocycles. The molecule has 2 rings (SSSR count). The number of aliphatic carboxylic acids is 1. The number of benzene rings is 1. The van der Waals surface area contributed by atoms with Crippen LogP contribution in [-0.2, 0) is 4.79 Å². The fourth-order valence-corrected chi connectivity index (χ4v) is 2.58. The molecule has 104 valence electrons. The van der Waals surface area contributed by atoms with Crippen LogP contribution in [0.4, 0.5) is 0 Å². The number of nitriles is 1. The van der Waals surface area contributed by atoms with E-state index in [4.69, 9.17) is 5.26 Å². The van der Waals surface area contributed by atoms with E-state index in [1.165, 1.54) is 6.07 Å². The molecular formula is C15H16N2O3. The molecule has 1 aliphatic carbocycles. The molecule has 0 radical (unpaired) electrons. The van der Waals surface area contributed by atoms with E-state index in [9.17, 15) is 14.7 Å². The monoisotopic (exact) mass is 272 g/mol. The SMILES string of the molecule is N#Cc1cccc(C(=O)NC2CCCCC2C(=O)O)c1. The number of carboxylic acid groups (broad SMARTS) is 1. The van der Waals surface area contributed by atoms with Crippen molar-refractivity contribution in [1.82, 2.24) is 5.32 Å². The van der Waals surface area contributed by atoms with Gasteiger partial charge < -0.3 is 10.4 Å². The van der Waals surface area contributed by atoms with Gasteiger partial charge in [-0.3, -0.25) is 9.59 Å². The minimum Gasteiger partial charge on any atom is -0.481 e. The van der Waals surface area contributed by atoms with Crippen LogP contribution in [0.2, 0.25) is 0 Å². The first-order chi connectivity index (χ1) is 9.61. The van der Waals surface area contributed by atoms with Crippen molar-refractivity contribution in [2.75, 3.05) is 0 Å². The standard InChI is InChI=1S/C15H16N2O3/c16-9-10-4-3-5-11(8-10)14(18)17-13-7-2-1-6-12(13)15(19)20/h3-5,8,12-13H,1-2,6-7H2,(H,17,18)(H,19,20). The summed E-state index contributed by atoms with van der Waals surface area (Å²) < 4.78 is 0. The van der Waals surface area contributed by atoms with Crippen molar-refractivity contribution in [3.05, 3.63) is 35.4 Å². The molecule has 2 unspecified atom stereocenters. The molecule has 1 fully saturated rings. The third-order valence-electron chi connectivity index (χ3n) is 3.65. The highest BCUT2D eigenvalue weighted by atomic mass is 16.4. The lowest BCUT2D eigenvalue weighted by Crippen LogP contribution is -2.45. The van der Waals surface area contributed by atoms with Gasteiger partial charge in [0.15, 0.2) is 0 Å². The van der Waals surface area contributed by atoms with Gasteiger partial charge in [-0.05, 0) is 31.0 Å². The predicted molar refractivity (Wildman–Crippen MR) is 72.0 cm³/mol. The molecule has 0 aromatic heterocycles. The highest BCUT2D eigenvalue weighted by Crippen LogP contribution is 2.25. The van der Waals surface area contributed by atoms with Gasteiger partial charge in [0.05, 0.1) is 17.6 Å². The lowest BCUT2D eigenvalue weighted by molar-refractivity contribution is -0.143. The summed E-state index contributed by atoms with van der Waals surface area (Å²) in [6.45, 7) is 0. The first-order valence-corrected chi connectivity index (χ1v) is 6.65. The zero-order valence-corrected chi connectivity index (χ0v) is 11.0. The maximum atomic E-state index is 12.1. The Bertz CT molecular complexity index is 562. The van der Waals surface area contributed by atoms with E-state index in [0.717, 1.165) is 12.8 Å². The fraction of sp³-hybridized carbons (Fsp3) is 0.400. The van der Waals surface area contributed by atoms with Gasteiger partial charge in [0.25, 0.3) is 5.91 Å². The fourth-order valence-electron chi connectivity index (χ4n) is 2.58. The number of hydrogen-bond donors (Lipinski definition) is 2. The predicted octanol–water partition coefficient (Wildman–Crippen LogP) is 1.93. The second kappa shape index (κ2) is 6.20. The van der Waals surface area contributed by atoms with Crippen molar-refractivity contribution in [2.24, 2.45) is 5.92 Å². The maximum absolute atomic E-state index is 12.1. The molecule has 0 bridgehead atoms. The van der Waals surface area contributed by atoms with Gasteiger partial charge in [-0.1, -0.05) is 18.9 Å². The van der Waals surface area contributed by atoms with E-state index in [2.05, 4.69) is 5.32 Å². The van der Waals surface area contributed by atoms with E-state index >= 15 is 0 Å². The number of rotatable bonds is 3. The topological polar surface area (TPSA) is 90.2 Å². The Morgan fingerprint density at radius 2 is 2.05 bits per heavy atom. The molecule has 0 saturated heterocycles. The van der Waals surface area contributed by atoms with Crippen LogP contribution in [0.5, 0.6) is 0 Å². The molecule has 1 aromatic carbocycles. The zero-order valence-electron chi connectivity index (χ0n) is 11.0. The van der Waals surface area contributed by atoms with Crippen LogP contribution in [0, 0.1) is 17.2 Å². The molecular weight excluding hydrogens is 256 g/mol. The van der Waals surface area contributed by atoms with Crippen molar-refractivity contribution >= 4 is 11.9 Å². The van der Waals surface area contributed by atoms with Gasteiger partial charge >= 0.3 is 5.97 Å². The lowest BCUT2D eigenvalue weighted by atomic mass is 9.84. The van der Waals surface area contributed by atoms with Gasteiger partial charge in [0.1, 0.15) is 0 Å². The van der Waals surface area contributed by atoms with Crippen LogP contribution in [0.1, 0.15) is 41.6 Å². The second-order valence-electron chi connectivity index (χ2n) is 5.00. The van der Waals surface area contributed by atoms with Gasteiger partial charge in [0, 0.05) is 11.6 Å². The molecule has 20 heavy (non-hydrogen) atoms. The van der Waals surface area contributed by atoms with Crippen LogP contribution in [-0.4, -0.2) is 23.0 Å². The van der Waals surface area contributed by atoms with Crippen LogP contribution < -0.4 is 5.32 Å². The molecule has 2 N–H and O–H groups in total. The molecule has 5 heteroatoms. The van der Waals surface area contributed by atoms with Crippen LogP contribution >= 0.6 is 0 Å². The van der Waals surface area contributed by atoms with Gasteiger partial charge in [-0.2, -0.15) is 5.26 Å². The first-order valence-electron chi connectivity index (χ1n) is 6.65. The summed E-state index contributed by atoms with van der Waals surface area (Å²) in [7, 11) is 0. The minimum absolute atomic E-state index is 0.319. The summed E-state index contributed by atoms with van der Waals surface area (Å²) >= 11 is 0. The quantitative estimate of drug-likeness (QED) is 0.879. The highest BCUT2D eigenvalue weighted by molar-refractivity contribution is 5.95. The molecule has 0 heterocycles. The summed E-state index contributed by atoms with van der Waals surface area (Å²) in [5.41, 5.74) is 0.801. The van der Waals surface area contributed by atoms with Crippen molar-refractivity contribution in [2.45, 2.75) is 31.7 Å². The summed E-state index contributed by atoms with van der Waals surface area (Å²) in [6.07, 6.45) is 3.08. The van der Waals surface area contributed by atoms with Crippen LogP contribution in [0.3, 0.4) is 0 Å². The Labute approximate surface area is 117 Å². The maximum Gasteiger partial charge on any atom is 0.308 e. The number of hydrogen-bond acceptors (Lipinski definition) is 3. The number of carboxylic acids is 1. The third-order valence-corrected chi connectivity index (χ3v) is 3.65.